The van der Waals surface area contributed by atoms with Gasteiger partial charge in [0.15, 0.2) is 0 Å². The Hall–Kier alpha value is -5.31. The first kappa shape index (κ1) is 42.8. The second kappa shape index (κ2) is 18.1. The molecule has 2 heterocycles. The third-order valence-electron chi connectivity index (χ3n) is 13.0. The van der Waals surface area contributed by atoms with Crippen LogP contribution in [0.5, 0.6) is 0 Å². The van der Waals surface area contributed by atoms with Crippen LogP contribution in [0.4, 0.5) is 0 Å². The number of hydrogen-bond acceptors (Lipinski definition) is 2. The largest absolute Gasteiger partial charge is 0.334 e. The Bertz CT molecular complexity index is 2460. The van der Waals surface area contributed by atoms with E-state index < -0.39 is 16.1 Å². The number of benzene rings is 6. The summed E-state index contributed by atoms with van der Waals surface area (Å²) in [7, 11) is -3.43. The standard InChI is InChI=1S/2C27H31NOSi/c1-20-17-25(30(3,4)19-23-13-9-6-10-14-23)21(2)24-15-16-28(27(29)26(20)24)18-22-11-7-5-8-12-22;1-20-17-25(30(3,4)19-23-13-9-6-10-14-23)21(2)26-24(20)15-16-28(27(26)29)18-22-11-7-5-8-12-22/h2*5-14,17H,15-16,18-19H2,1-4H3. The van der Waals surface area contributed by atoms with Crippen molar-refractivity contribution in [2.75, 3.05) is 13.1 Å². The molecule has 0 atom stereocenters. The molecular formula is C54H62N2O2Si2. The predicted molar refractivity (Wildman–Crippen MR) is 256 cm³/mol. The van der Waals surface area contributed by atoms with Gasteiger partial charge in [-0.1, -0.05) is 181 Å². The summed E-state index contributed by atoms with van der Waals surface area (Å²) in [6.07, 6.45) is 1.89. The zero-order valence-corrected chi connectivity index (χ0v) is 39.1. The number of carbonyl (C=O) groups is 2. The lowest BCUT2D eigenvalue weighted by atomic mass is 9.90. The minimum Gasteiger partial charge on any atom is -0.334 e. The van der Waals surface area contributed by atoms with Crippen molar-refractivity contribution in [1.29, 1.82) is 0 Å². The van der Waals surface area contributed by atoms with E-state index in [1.807, 2.05) is 46.2 Å². The van der Waals surface area contributed by atoms with Crippen LogP contribution in [-0.4, -0.2) is 50.9 Å². The number of rotatable bonds is 10. The molecule has 0 radical (unpaired) electrons. The molecule has 0 bridgehead atoms. The number of nitrogens with zero attached hydrogens (tertiary/aromatic N) is 2. The zero-order valence-electron chi connectivity index (χ0n) is 37.1. The maximum atomic E-state index is 13.6. The molecule has 0 aliphatic carbocycles. The first-order valence-electron chi connectivity index (χ1n) is 21.7. The van der Waals surface area contributed by atoms with Gasteiger partial charge in [-0.25, -0.2) is 0 Å². The minimum absolute atomic E-state index is 0.190. The molecule has 2 amide bonds. The second-order valence-corrected chi connectivity index (χ2v) is 27.8. The topological polar surface area (TPSA) is 40.6 Å². The molecule has 6 aromatic carbocycles. The summed E-state index contributed by atoms with van der Waals surface area (Å²) in [6.45, 7) is 21.5. The van der Waals surface area contributed by atoms with Gasteiger partial charge in [-0.2, -0.15) is 0 Å². The molecule has 6 heteroatoms. The molecule has 8 rings (SSSR count). The highest BCUT2D eigenvalue weighted by atomic mass is 28.3. The average molecular weight is 827 g/mol. The molecule has 2 aliphatic heterocycles. The van der Waals surface area contributed by atoms with Crippen LogP contribution in [0.3, 0.4) is 0 Å². The van der Waals surface area contributed by atoms with Crippen molar-refractivity contribution >= 4 is 38.3 Å². The first-order chi connectivity index (χ1) is 28.7. The van der Waals surface area contributed by atoms with Crippen molar-refractivity contribution in [3.63, 3.8) is 0 Å². The van der Waals surface area contributed by atoms with E-state index in [2.05, 4.69) is 151 Å². The summed E-state index contributed by atoms with van der Waals surface area (Å²) in [4.78, 5) is 31.0. The van der Waals surface area contributed by atoms with Crippen molar-refractivity contribution < 1.29 is 9.59 Å². The smallest absolute Gasteiger partial charge is 0.254 e. The Kier molecular flexibility index (Phi) is 12.9. The molecule has 0 saturated carbocycles. The van der Waals surface area contributed by atoms with Gasteiger partial charge in [0.2, 0.25) is 0 Å². The third-order valence-corrected chi connectivity index (χ3v) is 19.5. The van der Waals surface area contributed by atoms with Gasteiger partial charge in [-0.05, 0) is 97.1 Å². The number of fused-ring (bicyclic) bond motifs is 2. The van der Waals surface area contributed by atoms with Crippen LogP contribution in [0.25, 0.3) is 0 Å². The van der Waals surface area contributed by atoms with E-state index in [1.54, 1.807) is 0 Å². The summed E-state index contributed by atoms with van der Waals surface area (Å²) >= 11 is 0. The lowest BCUT2D eigenvalue weighted by Crippen LogP contribution is -2.48. The molecule has 6 aromatic rings. The fourth-order valence-corrected chi connectivity index (χ4v) is 16.3. The predicted octanol–water partition coefficient (Wildman–Crippen LogP) is 10.4. The van der Waals surface area contributed by atoms with Gasteiger partial charge in [0.1, 0.15) is 0 Å². The highest BCUT2D eigenvalue weighted by Gasteiger charge is 2.35. The molecule has 4 nitrogen and oxygen atoms in total. The Morgan fingerprint density at radius 1 is 0.450 bits per heavy atom. The molecule has 0 N–H and O–H groups in total. The van der Waals surface area contributed by atoms with Crippen LogP contribution >= 0.6 is 0 Å². The van der Waals surface area contributed by atoms with Crippen LogP contribution in [0.1, 0.15) is 76.4 Å². The first-order valence-corrected chi connectivity index (χ1v) is 28.2. The quantitative estimate of drug-likeness (QED) is 0.129. The average Bonchev–Trinajstić information content (AvgIpc) is 3.23. The number of aryl methyl sites for hydroxylation is 2. The van der Waals surface area contributed by atoms with E-state index in [1.165, 1.54) is 60.4 Å². The van der Waals surface area contributed by atoms with Crippen molar-refractivity contribution in [2.45, 2.75) is 91.9 Å². The molecule has 2 aliphatic rings. The highest BCUT2D eigenvalue weighted by molar-refractivity contribution is 6.90. The molecule has 0 aromatic heterocycles. The van der Waals surface area contributed by atoms with Gasteiger partial charge in [0, 0.05) is 37.3 Å². The molecule has 308 valence electrons. The van der Waals surface area contributed by atoms with Crippen LogP contribution < -0.4 is 10.4 Å². The minimum atomic E-state index is -1.75. The Morgan fingerprint density at radius 3 is 1.27 bits per heavy atom. The molecule has 60 heavy (non-hydrogen) atoms. The van der Waals surface area contributed by atoms with Gasteiger partial charge < -0.3 is 9.80 Å². The van der Waals surface area contributed by atoms with E-state index >= 15 is 0 Å². The Balaban J connectivity index is 0.000000181. The molecule has 0 unspecified atom stereocenters. The number of amides is 2. The normalized spacial score (nSPS) is 14.0. The summed E-state index contributed by atoms with van der Waals surface area (Å²) in [5.74, 6) is 0.391. The van der Waals surface area contributed by atoms with Crippen LogP contribution in [0, 0.1) is 27.7 Å². The highest BCUT2D eigenvalue weighted by Crippen LogP contribution is 2.30. The van der Waals surface area contributed by atoms with Crippen LogP contribution in [-0.2, 0) is 38.0 Å². The fraction of sp³-hybridized carbons (Fsp3) is 0.296. The summed E-state index contributed by atoms with van der Waals surface area (Å²) in [5.41, 5.74) is 14.6. The zero-order chi connectivity index (χ0) is 42.6. The summed E-state index contributed by atoms with van der Waals surface area (Å²) < 4.78 is 0. The molecule has 0 fully saturated rings. The van der Waals surface area contributed by atoms with E-state index in [0.717, 1.165) is 54.7 Å². The third kappa shape index (κ3) is 9.35. The van der Waals surface area contributed by atoms with Gasteiger partial charge in [-0.3, -0.25) is 9.59 Å². The van der Waals surface area contributed by atoms with E-state index in [-0.39, 0.29) is 11.8 Å². The Labute approximate surface area is 361 Å². The number of hydrogen-bond donors (Lipinski definition) is 0. The van der Waals surface area contributed by atoms with Gasteiger partial charge in [0.25, 0.3) is 11.8 Å². The monoisotopic (exact) mass is 826 g/mol. The lowest BCUT2D eigenvalue weighted by Gasteiger charge is -2.34. The van der Waals surface area contributed by atoms with E-state index in [4.69, 9.17) is 0 Å². The van der Waals surface area contributed by atoms with Crippen LogP contribution in [0.2, 0.25) is 26.2 Å². The number of carbonyl (C=O) groups excluding carboxylic acids is 2. The van der Waals surface area contributed by atoms with Crippen molar-refractivity contribution in [3.8, 4) is 0 Å². The van der Waals surface area contributed by atoms with E-state index in [0.29, 0.717) is 13.1 Å². The van der Waals surface area contributed by atoms with Crippen molar-refractivity contribution in [1.82, 2.24) is 9.80 Å². The van der Waals surface area contributed by atoms with E-state index in [9.17, 15) is 9.59 Å². The summed E-state index contributed by atoms with van der Waals surface area (Å²) in [5, 5.41) is 2.93. The van der Waals surface area contributed by atoms with Gasteiger partial charge >= 0.3 is 0 Å². The molecule has 0 spiro atoms. The summed E-state index contributed by atoms with van der Waals surface area (Å²) in [6, 6.07) is 49.1. The maximum absolute atomic E-state index is 13.6. The van der Waals surface area contributed by atoms with Gasteiger partial charge in [0.05, 0.1) is 16.1 Å². The van der Waals surface area contributed by atoms with Crippen molar-refractivity contribution in [3.05, 3.63) is 200 Å². The lowest BCUT2D eigenvalue weighted by molar-refractivity contribution is 0.0718. The van der Waals surface area contributed by atoms with Gasteiger partial charge in [-0.15, -0.1) is 0 Å². The second-order valence-electron chi connectivity index (χ2n) is 18.5. The Morgan fingerprint density at radius 2 is 0.817 bits per heavy atom. The van der Waals surface area contributed by atoms with Crippen LogP contribution in [0.15, 0.2) is 133 Å². The fourth-order valence-electron chi connectivity index (χ4n) is 9.91. The van der Waals surface area contributed by atoms with Crippen molar-refractivity contribution in [2.24, 2.45) is 0 Å². The molecular weight excluding hydrogens is 765 g/mol. The molecule has 0 saturated heterocycles. The maximum Gasteiger partial charge on any atom is 0.254 e. The SMILES string of the molecule is Cc1cc([Si](C)(C)Cc2ccccc2)c(C)c2c1C(=O)N(Cc1ccccc1)CC2.Cc1cc([Si](C)(C)Cc2ccccc2)c(C)c2c1CCN(Cc1ccccc1)C2=O.